The van der Waals surface area contributed by atoms with Crippen molar-refractivity contribution in [3.63, 3.8) is 0 Å². The maximum atomic E-state index is 13.3. The lowest BCUT2D eigenvalue weighted by Gasteiger charge is -2.20. The number of sulfonamides is 1. The maximum Gasteiger partial charge on any atom is 0.281 e. The molecule has 0 saturated heterocycles. The van der Waals surface area contributed by atoms with Crippen LogP contribution in [0.25, 0.3) is 16.6 Å². The molecule has 1 aliphatic rings. The second-order valence-corrected chi connectivity index (χ2v) is 13.2. The van der Waals surface area contributed by atoms with Crippen LogP contribution in [0, 0.1) is 5.92 Å². The van der Waals surface area contributed by atoms with E-state index in [9.17, 15) is 26.7 Å². The van der Waals surface area contributed by atoms with Crippen molar-refractivity contribution in [2.24, 2.45) is 10.9 Å². The molecule has 3 aromatic rings. The molecule has 0 fully saturated rings. The number of aryl methyl sites for hydroxylation is 1. The fourth-order valence-corrected chi connectivity index (χ4v) is 5.77. The average Bonchev–Trinajstić information content (AvgIpc) is 3.31. The number of thiophene rings is 1. The van der Waals surface area contributed by atoms with Crippen LogP contribution in [-0.2, 0) is 26.4 Å². The molecule has 0 radical (unpaired) electrons. The highest BCUT2D eigenvalue weighted by Crippen LogP contribution is 2.35. The van der Waals surface area contributed by atoms with Crippen molar-refractivity contribution in [2.75, 3.05) is 6.26 Å². The van der Waals surface area contributed by atoms with Crippen molar-refractivity contribution in [1.82, 2.24) is 14.5 Å². The standard InChI is InChI=1S/C23H24N4O6S3/c1-14(2)8-10-27-23(29)19(21(28)20(25-27)17-5-4-11-34-17)22-24-16-7-6-15(9-12-35(3,30)31)13-18(16)36(32,33)26-22/h4-7,9,11-14,28H,8,10H2,1-3H3,(H,24,26)/b12-9+. The van der Waals surface area contributed by atoms with Gasteiger partial charge in [-0.2, -0.15) is 5.10 Å². The minimum absolute atomic E-state index is 0.0438. The minimum atomic E-state index is -4.20. The molecule has 1 aromatic carbocycles. The van der Waals surface area contributed by atoms with E-state index in [0.29, 0.717) is 16.9 Å². The molecule has 10 nitrogen and oxygen atoms in total. The molecule has 3 heterocycles. The third-order valence-electron chi connectivity index (χ3n) is 5.28. The van der Waals surface area contributed by atoms with Crippen molar-refractivity contribution in [3.8, 4) is 16.3 Å². The van der Waals surface area contributed by atoms with Crippen LogP contribution in [0.5, 0.6) is 5.75 Å². The van der Waals surface area contributed by atoms with E-state index in [1.807, 2.05) is 13.8 Å². The highest BCUT2D eigenvalue weighted by atomic mass is 32.2. The van der Waals surface area contributed by atoms with Gasteiger partial charge in [-0.3, -0.25) is 9.52 Å². The Morgan fingerprint density at radius 2 is 2.00 bits per heavy atom. The maximum absolute atomic E-state index is 13.3. The molecular weight excluding hydrogens is 524 g/mol. The average molecular weight is 549 g/mol. The second kappa shape index (κ2) is 9.64. The summed E-state index contributed by atoms with van der Waals surface area (Å²) < 4.78 is 52.5. The summed E-state index contributed by atoms with van der Waals surface area (Å²) in [4.78, 5) is 18.1. The van der Waals surface area contributed by atoms with E-state index in [0.717, 1.165) is 11.7 Å². The monoisotopic (exact) mass is 548 g/mol. The van der Waals surface area contributed by atoms with E-state index in [-0.39, 0.29) is 40.1 Å². The smallest absolute Gasteiger partial charge is 0.281 e. The molecule has 0 aliphatic carbocycles. The Labute approximate surface area is 212 Å². The number of nitrogens with one attached hydrogen (secondary N) is 1. The Morgan fingerprint density at radius 3 is 2.64 bits per heavy atom. The van der Waals surface area contributed by atoms with Gasteiger partial charge >= 0.3 is 0 Å². The van der Waals surface area contributed by atoms with Gasteiger partial charge in [-0.05, 0) is 47.6 Å². The molecule has 0 saturated carbocycles. The zero-order chi connectivity index (χ0) is 26.3. The van der Waals surface area contributed by atoms with Crippen molar-refractivity contribution < 1.29 is 21.9 Å². The zero-order valence-electron chi connectivity index (χ0n) is 19.7. The predicted octanol–water partition coefficient (Wildman–Crippen LogP) is 3.11. The van der Waals surface area contributed by atoms with E-state index in [1.54, 1.807) is 17.5 Å². The highest BCUT2D eigenvalue weighted by molar-refractivity contribution is 7.93. The lowest BCUT2D eigenvalue weighted by atomic mass is 10.1. The molecule has 13 heteroatoms. The van der Waals surface area contributed by atoms with E-state index in [2.05, 4.69) is 14.8 Å². The van der Waals surface area contributed by atoms with E-state index < -0.39 is 31.2 Å². The summed E-state index contributed by atoms with van der Waals surface area (Å²) in [6, 6.07) is 7.71. The number of aromatic hydroxyl groups is 1. The summed E-state index contributed by atoms with van der Waals surface area (Å²) in [7, 11) is -7.60. The van der Waals surface area contributed by atoms with Crippen LogP contribution < -0.4 is 10.3 Å². The number of rotatable bonds is 7. The first-order valence-electron chi connectivity index (χ1n) is 10.9. The number of hydrogen-bond acceptors (Lipinski definition) is 9. The molecule has 1 aliphatic heterocycles. The van der Waals surface area contributed by atoms with Crippen LogP contribution in [0.4, 0.5) is 5.69 Å². The van der Waals surface area contributed by atoms with Crippen LogP contribution in [0.15, 0.2) is 55.8 Å². The fraction of sp³-hybridized carbons (Fsp3) is 0.261. The SMILES string of the molecule is CC(C)CCn1nc(-c2cccs2)c(O)c(C2=Nc3ccc(/C=C/S(C)(=O)=O)cc3S(=O)(=O)N2)c1=O. The minimum Gasteiger partial charge on any atom is -0.505 e. The van der Waals surface area contributed by atoms with E-state index in [1.165, 1.54) is 40.3 Å². The molecule has 0 amide bonds. The van der Waals surface area contributed by atoms with Gasteiger partial charge in [0, 0.05) is 18.2 Å². The van der Waals surface area contributed by atoms with Gasteiger partial charge in [0.2, 0.25) is 0 Å². The molecular formula is C23H24N4O6S3. The lowest BCUT2D eigenvalue weighted by molar-refractivity contribution is 0.444. The summed E-state index contributed by atoms with van der Waals surface area (Å²) in [5, 5.41) is 18.2. The van der Waals surface area contributed by atoms with Crippen LogP contribution in [0.1, 0.15) is 31.4 Å². The van der Waals surface area contributed by atoms with Gasteiger partial charge in [0.25, 0.3) is 15.6 Å². The highest BCUT2D eigenvalue weighted by Gasteiger charge is 2.31. The third-order valence-corrected chi connectivity index (χ3v) is 8.16. The first-order valence-corrected chi connectivity index (χ1v) is 15.2. The van der Waals surface area contributed by atoms with Crippen LogP contribution in [0.3, 0.4) is 0 Å². The Hall–Kier alpha value is -3.29. The quantitative estimate of drug-likeness (QED) is 0.461. The molecule has 0 spiro atoms. The largest absolute Gasteiger partial charge is 0.505 e. The summed E-state index contributed by atoms with van der Waals surface area (Å²) in [5.74, 6) is -0.506. The number of hydrogen-bond donors (Lipinski definition) is 2. The number of amidine groups is 1. The van der Waals surface area contributed by atoms with Gasteiger partial charge < -0.3 is 5.11 Å². The van der Waals surface area contributed by atoms with Gasteiger partial charge in [-0.1, -0.05) is 26.0 Å². The van der Waals surface area contributed by atoms with Crippen molar-refractivity contribution in [2.45, 2.75) is 31.7 Å². The summed E-state index contributed by atoms with van der Waals surface area (Å²) in [6.07, 6.45) is 2.95. The van der Waals surface area contributed by atoms with Gasteiger partial charge in [0.15, 0.2) is 21.4 Å². The Balaban J connectivity index is 1.89. The topological polar surface area (TPSA) is 148 Å². The fourth-order valence-electron chi connectivity index (χ4n) is 3.46. The first-order chi connectivity index (χ1) is 16.9. The summed E-state index contributed by atoms with van der Waals surface area (Å²) in [5.41, 5.74) is -0.441. The van der Waals surface area contributed by atoms with Crippen molar-refractivity contribution in [1.29, 1.82) is 0 Å². The predicted molar refractivity (Wildman–Crippen MR) is 140 cm³/mol. The van der Waals surface area contributed by atoms with Gasteiger partial charge in [0.05, 0.1) is 10.6 Å². The van der Waals surface area contributed by atoms with Crippen LogP contribution in [0.2, 0.25) is 0 Å². The molecule has 0 bridgehead atoms. The number of fused-ring (bicyclic) bond motifs is 1. The summed E-state index contributed by atoms with van der Waals surface area (Å²) >= 11 is 1.32. The van der Waals surface area contributed by atoms with Gasteiger partial charge in [-0.25, -0.2) is 26.5 Å². The zero-order valence-corrected chi connectivity index (χ0v) is 22.1. The molecule has 2 N–H and O–H groups in total. The molecule has 2 aromatic heterocycles. The van der Waals surface area contributed by atoms with Crippen molar-refractivity contribution in [3.05, 3.63) is 62.6 Å². The number of benzene rings is 1. The number of aromatic nitrogens is 2. The molecule has 36 heavy (non-hydrogen) atoms. The Bertz CT molecular complexity index is 1650. The third kappa shape index (κ3) is 5.42. The Kier molecular flexibility index (Phi) is 6.90. The second-order valence-electron chi connectivity index (χ2n) is 8.69. The number of aliphatic imine (C=N–C) groups is 1. The molecule has 190 valence electrons. The summed E-state index contributed by atoms with van der Waals surface area (Å²) in [6.45, 7) is 4.28. The van der Waals surface area contributed by atoms with Gasteiger partial charge in [0.1, 0.15) is 16.2 Å². The lowest BCUT2D eigenvalue weighted by Crippen LogP contribution is -2.39. The van der Waals surface area contributed by atoms with E-state index in [4.69, 9.17) is 0 Å². The first kappa shape index (κ1) is 25.8. The molecule has 0 unspecified atom stereocenters. The van der Waals surface area contributed by atoms with Crippen LogP contribution in [-0.4, -0.2) is 43.8 Å². The van der Waals surface area contributed by atoms with Crippen LogP contribution >= 0.6 is 11.3 Å². The number of nitrogens with zero attached hydrogens (tertiary/aromatic N) is 3. The molecule has 4 rings (SSSR count). The number of sulfone groups is 1. The normalized spacial score (nSPS) is 15.1. The Morgan fingerprint density at radius 1 is 1.25 bits per heavy atom. The molecule has 0 atom stereocenters. The van der Waals surface area contributed by atoms with Crippen molar-refractivity contribution >= 4 is 48.8 Å². The van der Waals surface area contributed by atoms with Gasteiger partial charge in [-0.15, -0.1) is 11.3 Å². The van der Waals surface area contributed by atoms with E-state index >= 15 is 0 Å².